The number of hydrogen-bond donors (Lipinski definition) is 1. The number of halogens is 4. The molecular weight excluding hydrogens is 427 g/mol. The van der Waals surface area contributed by atoms with Gasteiger partial charge in [0.1, 0.15) is 0 Å². The molecule has 4 rings (SSSR count). The highest BCUT2D eigenvalue weighted by atomic mass is 35.5. The van der Waals surface area contributed by atoms with Crippen molar-refractivity contribution in [1.29, 1.82) is 0 Å². The van der Waals surface area contributed by atoms with E-state index in [0.717, 1.165) is 28.5 Å². The van der Waals surface area contributed by atoms with E-state index in [9.17, 15) is 18.0 Å². The molecule has 0 saturated carbocycles. The third-order valence-corrected chi connectivity index (χ3v) is 5.44. The highest BCUT2D eigenvalue weighted by molar-refractivity contribution is 6.35. The van der Waals surface area contributed by atoms with Crippen LogP contribution in [-0.2, 0) is 15.7 Å². The lowest BCUT2D eigenvalue weighted by molar-refractivity contribution is -0.137. The van der Waals surface area contributed by atoms with Gasteiger partial charge in [-0.3, -0.25) is 4.79 Å². The molecule has 3 aromatic rings. The van der Waals surface area contributed by atoms with E-state index in [1.807, 2.05) is 31.2 Å². The van der Waals surface area contributed by atoms with E-state index >= 15 is 0 Å². The Kier molecular flexibility index (Phi) is 5.27. The molecular formula is C24H17ClF3NO2. The molecule has 0 unspecified atom stereocenters. The summed E-state index contributed by atoms with van der Waals surface area (Å²) in [6.45, 7) is 1.93. The zero-order chi connectivity index (χ0) is 22.3. The molecule has 0 fully saturated rings. The molecule has 0 aliphatic carbocycles. The Balaban J connectivity index is 1.82. The molecule has 0 aromatic heterocycles. The number of allylic oxidation sites excluding steroid dienone is 1. The van der Waals surface area contributed by atoms with Gasteiger partial charge in [-0.25, -0.2) is 0 Å². The smallest absolute Gasteiger partial charge is 0.416 e. The van der Waals surface area contributed by atoms with Gasteiger partial charge >= 0.3 is 6.18 Å². The van der Waals surface area contributed by atoms with Crippen LogP contribution < -0.4 is 5.32 Å². The van der Waals surface area contributed by atoms with Crippen molar-refractivity contribution in [1.82, 2.24) is 5.32 Å². The summed E-state index contributed by atoms with van der Waals surface area (Å²) in [7, 11) is 1.54. The minimum absolute atomic E-state index is 0.0191. The summed E-state index contributed by atoms with van der Waals surface area (Å²) < 4.78 is 45.2. The number of carbonyl (C=O) groups is 1. The number of aryl methyl sites for hydroxylation is 1. The molecule has 3 aromatic carbocycles. The van der Waals surface area contributed by atoms with Gasteiger partial charge in [0.15, 0.2) is 5.76 Å². The van der Waals surface area contributed by atoms with E-state index in [1.165, 1.54) is 25.3 Å². The molecule has 0 amide bonds. The quantitative estimate of drug-likeness (QED) is 0.479. The van der Waals surface area contributed by atoms with Gasteiger partial charge in [0.25, 0.3) is 0 Å². The van der Waals surface area contributed by atoms with Crippen molar-refractivity contribution in [2.24, 2.45) is 0 Å². The number of benzene rings is 3. The second-order valence-corrected chi connectivity index (χ2v) is 7.51. The van der Waals surface area contributed by atoms with Crippen LogP contribution in [0.3, 0.4) is 0 Å². The Labute approximate surface area is 181 Å². The van der Waals surface area contributed by atoms with Crippen molar-refractivity contribution >= 4 is 39.8 Å². The first-order chi connectivity index (χ1) is 14.7. The lowest BCUT2D eigenvalue weighted by Gasteiger charge is -2.09. The molecule has 1 heterocycles. The number of hydrogen-bond acceptors (Lipinski definition) is 3. The van der Waals surface area contributed by atoms with Crippen molar-refractivity contribution in [3.05, 3.63) is 93.5 Å². The third-order valence-electron chi connectivity index (χ3n) is 5.11. The fourth-order valence-corrected chi connectivity index (χ4v) is 3.87. The second-order valence-electron chi connectivity index (χ2n) is 7.11. The van der Waals surface area contributed by atoms with Gasteiger partial charge in [0, 0.05) is 17.6 Å². The highest BCUT2D eigenvalue weighted by Gasteiger charge is 2.35. The second kappa shape index (κ2) is 7.78. The molecule has 3 nitrogen and oxygen atoms in total. The van der Waals surface area contributed by atoms with E-state index in [1.54, 1.807) is 6.07 Å². The molecule has 0 radical (unpaired) electrons. The van der Waals surface area contributed by atoms with E-state index in [0.29, 0.717) is 10.6 Å². The SMILES string of the molecule is CNC1=C(c2cccc(C(F)(F)F)c2)C(=O)C(=Cc2c(Cl)ccc3cccc(C)c23)O1. The number of Topliss-reactive ketones (excluding diaryl/α,β-unsaturated/α-hetero) is 1. The Morgan fingerprint density at radius 1 is 1.06 bits per heavy atom. The minimum atomic E-state index is -4.52. The fourth-order valence-electron chi connectivity index (χ4n) is 3.66. The summed E-state index contributed by atoms with van der Waals surface area (Å²) in [5, 5.41) is 5.01. The normalized spacial score (nSPS) is 15.7. The van der Waals surface area contributed by atoms with Crippen molar-refractivity contribution in [3.63, 3.8) is 0 Å². The monoisotopic (exact) mass is 443 g/mol. The first-order valence-electron chi connectivity index (χ1n) is 9.42. The maximum Gasteiger partial charge on any atom is 0.416 e. The summed E-state index contributed by atoms with van der Waals surface area (Å²) in [6, 6.07) is 14.0. The fraction of sp³-hybridized carbons (Fsp3) is 0.125. The van der Waals surface area contributed by atoms with Crippen LogP contribution in [0.15, 0.2) is 66.2 Å². The van der Waals surface area contributed by atoms with Crippen molar-refractivity contribution in [2.45, 2.75) is 13.1 Å². The Hall–Kier alpha value is -3.25. The molecule has 0 bridgehead atoms. The molecule has 1 N–H and O–H groups in total. The molecule has 0 spiro atoms. The zero-order valence-corrected chi connectivity index (χ0v) is 17.4. The Morgan fingerprint density at radius 2 is 1.81 bits per heavy atom. The zero-order valence-electron chi connectivity index (χ0n) is 16.6. The number of ketones is 1. The maximum atomic E-state index is 13.2. The predicted molar refractivity (Wildman–Crippen MR) is 115 cm³/mol. The van der Waals surface area contributed by atoms with Gasteiger partial charge in [-0.05, 0) is 53.1 Å². The molecule has 1 aliphatic rings. The number of rotatable bonds is 3. The van der Waals surface area contributed by atoms with Crippen LogP contribution >= 0.6 is 11.6 Å². The molecule has 31 heavy (non-hydrogen) atoms. The topological polar surface area (TPSA) is 38.3 Å². The van der Waals surface area contributed by atoms with E-state index in [-0.39, 0.29) is 22.8 Å². The average molecular weight is 444 g/mol. The van der Waals surface area contributed by atoms with Crippen molar-refractivity contribution in [3.8, 4) is 0 Å². The van der Waals surface area contributed by atoms with Gasteiger partial charge in [0.2, 0.25) is 11.7 Å². The van der Waals surface area contributed by atoms with Crippen LogP contribution in [0.4, 0.5) is 13.2 Å². The standard InChI is InChI=1S/C24H17ClF3NO2/c1-13-5-3-6-14-9-10-18(25)17(20(13)14)12-19-22(30)21(23(29-2)31-19)15-7-4-8-16(11-15)24(26,27)28/h3-12,29H,1-2H3. The van der Waals surface area contributed by atoms with Gasteiger partial charge in [0.05, 0.1) is 11.1 Å². The maximum absolute atomic E-state index is 13.2. The van der Waals surface area contributed by atoms with E-state index in [2.05, 4.69) is 5.32 Å². The average Bonchev–Trinajstić information content (AvgIpc) is 3.05. The summed E-state index contributed by atoms with van der Waals surface area (Å²) in [6.07, 6.45) is -2.98. The van der Waals surface area contributed by atoms with Crippen LogP contribution in [0.5, 0.6) is 0 Å². The number of fused-ring (bicyclic) bond motifs is 1. The minimum Gasteiger partial charge on any atom is -0.436 e. The summed E-state index contributed by atoms with van der Waals surface area (Å²) in [5.74, 6) is -0.455. The summed E-state index contributed by atoms with van der Waals surface area (Å²) in [4.78, 5) is 13.2. The lowest BCUT2D eigenvalue weighted by Crippen LogP contribution is -2.09. The molecule has 7 heteroatoms. The number of nitrogens with one attached hydrogen (secondary N) is 1. The molecule has 158 valence electrons. The van der Waals surface area contributed by atoms with Crippen LogP contribution in [0.1, 0.15) is 22.3 Å². The lowest BCUT2D eigenvalue weighted by atomic mass is 9.97. The summed E-state index contributed by atoms with van der Waals surface area (Å²) in [5.41, 5.74) is 0.894. The van der Waals surface area contributed by atoms with Crippen molar-refractivity contribution in [2.75, 3.05) is 7.05 Å². The van der Waals surface area contributed by atoms with Gasteiger partial charge in [-0.2, -0.15) is 13.2 Å². The van der Waals surface area contributed by atoms with Crippen LogP contribution in [0, 0.1) is 6.92 Å². The van der Waals surface area contributed by atoms with Crippen LogP contribution in [0.2, 0.25) is 5.02 Å². The first-order valence-corrected chi connectivity index (χ1v) is 9.80. The van der Waals surface area contributed by atoms with Gasteiger partial charge in [-0.15, -0.1) is 0 Å². The Bertz CT molecular complexity index is 1280. The number of carbonyl (C=O) groups excluding carboxylic acids is 1. The van der Waals surface area contributed by atoms with Crippen LogP contribution in [0.25, 0.3) is 22.4 Å². The van der Waals surface area contributed by atoms with Crippen LogP contribution in [-0.4, -0.2) is 12.8 Å². The predicted octanol–water partition coefficient (Wildman–Crippen LogP) is 6.35. The summed E-state index contributed by atoms with van der Waals surface area (Å²) >= 11 is 6.43. The van der Waals surface area contributed by atoms with Gasteiger partial charge in [-0.1, -0.05) is 48.0 Å². The van der Waals surface area contributed by atoms with Crippen molar-refractivity contribution < 1.29 is 22.7 Å². The number of ether oxygens (including phenoxy) is 1. The van der Waals surface area contributed by atoms with E-state index in [4.69, 9.17) is 16.3 Å². The number of alkyl halides is 3. The Morgan fingerprint density at radius 3 is 2.52 bits per heavy atom. The van der Waals surface area contributed by atoms with Gasteiger partial charge < -0.3 is 10.1 Å². The third kappa shape index (κ3) is 3.79. The highest BCUT2D eigenvalue weighted by Crippen LogP contribution is 2.37. The first kappa shape index (κ1) is 21.0. The molecule has 1 aliphatic heterocycles. The molecule has 0 atom stereocenters. The molecule has 0 saturated heterocycles. The largest absolute Gasteiger partial charge is 0.436 e. The van der Waals surface area contributed by atoms with E-state index < -0.39 is 17.5 Å².